The van der Waals surface area contributed by atoms with Gasteiger partial charge >= 0.3 is 17.9 Å². The number of carboxylic acid groups (broad SMARTS) is 1. The highest BCUT2D eigenvalue weighted by atomic mass is 16.7. The minimum atomic E-state index is -1.53. The first-order valence-corrected chi connectivity index (χ1v) is 31.3. The summed E-state index contributed by atoms with van der Waals surface area (Å²) in [4.78, 5) is 37.5. The Balaban J connectivity index is 4.26. The van der Waals surface area contributed by atoms with Gasteiger partial charge in [0.1, 0.15) is 13.2 Å². The number of rotatable bonds is 55. The third-order valence-corrected chi connectivity index (χ3v) is 12.5. The van der Waals surface area contributed by atoms with Crippen LogP contribution in [0.1, 0.15) is 206 Å². The highest BCUT2D eigenvalue weighted by molar-refractivity contribution is 5.71. The second-order valence-electron chi connectivity index (χ2n) is 21.2. The van der Waals surface area contributed by atoms with Crippen LogP contribution in [0, 0.1) is 0 Å². The Kier molecular flexibility index (Phi) is 56.7. The third-order valence-electron chi connectivity index (χ3n) is 12.5. The van der Waals surface area contributed by atoms with Crippen LogP contribution in [0.2, 0.25) is 0 Å². The minimum Gasteiger partial charge on any atom is -0.477 e. The quantitative estimate of drug-likeness (QED) is 0.0211. The Labute approximate surface area is 495 Å². The lowest BCUT2D eigenvalue weighted by Gasteiger charge is -2.25. The first-order valence-electron chi connectivity index (χ1n) is 31.3. The van der Waals surface area contributed by atoms with E-state index in [1.54, 1.807) is 0 Å². The lowest BCUT2D eigenvalue weighted by Crippen LogP contribution is -2.40. The van der Waals surface area contributed by atoms with Crippen molar-refractivity contribution in [1.29, 1.82) is 0 Å². The lowest BCUT2D eigenvalue weighted by molar-refractivity contribution is -0.870. The molecule has 0 saturated carbocycles. The Morgan fingerprint density at radius 1 is 0.370 bits per heavy atom. The van der Waals surface area contributed by atoms with Crippen LogP contribution < -0.4 is 0 Å². The molecule has 0 aromatic heterocycles. The van der Waals surface area contributed by atoms with Crippen molar-refractivity contribution in [3.63, 3.8) is 0 Å². The topological polar surface area (TPSA) is 108 Å². The zero-order valence-electron chi connectivity index (χ0n) is 51.6. The highest BCUT2D eigenvalue weighted by Crippen LogP contribution is 2.14. The number of ether oxygens (including phenoxy) is 4. The molecule has 2 unspecified atom stereocenters. The molecule has 0 aliphatic rings. The van der Waals surface area contributed by atoms with E-state index in [4.69, 9.17) is 18.9 Å². The van der Waals surface area contributed by atoms with Crippen LogP contribution in [0.4, 0.5) is 0 Å². The molecule has 0 radical (unpaired) electrons. The van der Waals surface area contributed by atoms with Crippen LogP contribution in [0.25, 0.3) is 0 Å². The van der Waals surface area contributed by atoms with Crippen molar-refractivity contribution in [3.05, 3.63) is 170 Å². The average Bonchev–Trinajstić information content (AvgIpc) is 3.44. The molecule has 0 amide bonds. The molecule has 0 heterocycles. The molecule has 0 fully saturated rings. The summed E-state index contributed by atoms with van der Waals surface area (Å²) >= 11 is 0. The molecule has 0 aliphatic carbocycles. The molecule has 0 saturated heterocycles. The first-order chi connectivity index (χ1) is 39.6. The van der Waals surface area contributed by atoms with Crippen molar-refractivity contribution >= 4 is 17.9 Å². The van der Waals surface area contributed by atoms with E-state index in [-0.39, 0.29) is 38.6 Å². The number of nitrogens with zero attached hydrogens (tertiary/aromatic N) is 1. The Bertz CT molecular complexity index is 1930. The number of carbonyl (C=O) groups is 3. The molecular weight excluding hydrogens is 1010 g/mol. The number of hydrogen-bond acceptors (Lipinski definition) is 7. The molecule has 0 aromatic rings. The van der Waals surface area contributed by atoms with Crippen molar-refractivity contribution in [2.45, 2.75) is 219 Å². The van der Waals surface area contributed by atoms with E-state index in [0.717, 1.165) is 135 Å². The van der Waals surface area contributed by atoms with Crippen LogP contribution >= 0.6 is 0 Å². The number of quaternary nitrogens is 1. The maximum atomic E-state index is 12.9. The molecule has 1 N–H and O–H groups in total. The van der Waals surface area contributed by atoms with Crippen molar-refractivity contribution < 1.29 is 42.9 Å². The number of unbranched alkanes of at least 4 members (excludes halogenated alkanes) is 12. The number of carbonyl (C=O) groups excluding carboxylic acids is 2. The number of esters is 2. The third kappa shape index (κ3) is 62.1. The summed E-state index contributed by atoms with van der Waals surface area (Å²) in [7, 11) is 5.94. The summed E-state index contributed by atoms with van der Waals surface area (Å²) in [5.41, 5.74) is 0. The highest BCUT2D eigenvalue weighted by Gasteiger charge is 2.25. The van der Waals surface area contributed by atoms with Gasteiger partial charge < -0.3 is 28.5 Å². The zero-order valence-corrected chi connectivity index (χ0v) is 51.6. The van der Waals surface area contributed by atoms with Gasteiger partial charge in [-0.25, -0.2) is 4.79 Å². The van der Waals surface area contributed by atoms with Crippen molar-refractivity contribution in [1.82, 2.24) is 0 Å². The van der Waals surface area contributed by atoms with Crippen LogP contribution in [0.3, 0.4) is 0 Å². The fourth-order valence-electron chi connectivity index (χ4n) is 7.74. The van der Waals surface area contributed by atoms with Crippen LogP contribution in [-0.4, -0.2) is 87.4 Å². The van der Waals surface area contributed by atoms with Gasteiger partial charge in [-0.2, -0.15) is 0 Å². The lowest BCUT2D eigenvalue weighted by atomic mass is 10.1. The molecule has 0 bridgehead atoms. The molecule has 9 nitrogen and oxygen atoms in total. The van der Waals surface area contributed by atoms with E-state index < -0.39 is 24.3 Å². The molecule has 0 aliphatic heterocycles. The standard InChI is InChI=1S/C72H113NO8/c1-6-8-10-12-14-16-18-20-22-24-26-27-28-29-30-31-32-33-34-35-36-37-38-39-40-41-42-43-45-47-49-51-53-55-57-59-61-63-70(75)81-68(67-80-72(71(76)77)78-65-64-73(3,4)5)66-79-69(74)62-60-58-56-54-52-50-48-46-44-25-23-21-19-17-15-13-11-9-7-2/h8-11,14-17,20-23,26-27,29-30,32-33,35-36,38-39,41-42,44,46,50,52,68,72H,6-7,12-13,18-19,24-25,28,31,34,37,40,43,45,47-49,51,53-67H2,1-5H3/p+1/b10-8-,11-9-,16-14-,17-15-,22-20-,23-21-,27-26-,30-29-,33-32-,36-35-,39-38-,42-41-,46-44-,52-50-. The van der Waals surface area contributed by atoms with E-state index in [9.17, 15) is 19.5 Å². The molecule has 454 valence electrons. The van der Waals surface area contributed by atoms with Crippen LogP contribution in [-0.2, 0) is 33.3 Å². The zero-order chi connectivity index (χ0) is 59.1. The fourth-order valence-corrected chi connectivity index (χ4v) is 7.74. The van der Waals surface area contributed by atoms with Gasteiger partial charge in [-0.15, -0.1) is 0 Å². The SMILES string of the molecule is CC/C=C\C/C=C\C/C=C\C/C=C\C/C=C\C/C=C\C/C=C\C/C=C\C/C=C\CCCCCCCCCCCC(=O)OC(COC(=O)CCCCC/C=C\C/C=C\C/C=C\C/C=C\C/C=C\CC)COC(OCC[N+](C)(C)C)C(=O)O. The largest absolute Gasteiger partial charge is 0.477 e. The van der Waals surface area contributed by atoms with Gasteiger partial charge in [0.15, 0.2) is 6.10 Å². The smallest absolute Gasteiger partial charge is 0.361 e. The van der Waals surface area contributed by atoms with E-state index in [1.165, 1.54) is 32.1 Å². The molecule has 2 atom stereocenters. The maximum Gasteiger partial charge on any atom is 0.361 e. The number of carboxylic acids is 1. The normalized spacial score (nSPS) is 13.9. The monoisotopic (exact) mass is 1120 g/mol. The number of aliphatic carboxylic acids is 1. The van der Waals surface area contributed by atoms with E-state index in [1.807, 2.05) is 21.1 Å². The second-order valence-corrected chi connectivity index (χ2v) is 21.2. The predicted molar refractivity (Wildman–Crippen MR) is 345 cm³/mol. The second kappa shape index (κ2) is 60.7. The number of allylic oxidation sites excluding steroid dienone is 28. The fraction of sp³-hybridized carbons (Fsp3) is 0.569. The number of hydrogen-bond donors (Lipinski definition) is 1. The van der Waals surface area contributed by atoms with Gasteiger partial charge in [-0.1, -0.05) is 235 Å². The summed E-state index contributed by atoms with van der Waals surface area (Å²) in [6.45, 7) is 4.57. The van der Waals surface area contributed by atoms with Gasteiger partial charge in [-0.3, -0.25) is 9.59 Å². The van der Waals surface area contributed by atoms with Crippen LogP contribution in [0.5, 0.6) is 0 Å². The minimum absolute atomic E-state index is 0.171. The molecule has 0 spiro atoms. The Morgan fingerprint density at radius 2 is 0.667 bits per heavy atom. The van der Waals surface area contributed by atoms with Crippen molar-refractivity contribution in [2.75, 3.05) is 47.5 Å². The van der Waals surface area contributed by atoms with Gasteiger partial charge in [-0.05, 0) is 128 Å². The van der Waals surface area contributed by atoms with E-state index in [2.05, 4.69) is 184 Å². The molecule has 9 heteroatoms. The first kappa shape index (κ1) is 75.7. The van der Waals surface area contributed by atoms with E-state index in [0.29, 0.717) is 23.9 Å². The van der Waals surface area contributed by atoms with Crippen LogP contribution in [0.15, 0.2) is 170 Å². The Hall–Kier alpha value is -5.35. The molecule has 0 aromatic carbocycles. The summed E-state index contributed by atoms with van der Waals surface area (Å²) in [5.74, 6) is -2.08. The summed E-state index contributed by atoms with van der Waals surface area (Å²) in [5, 5.41) is 9.71. The summed E-state index contributed by atoms with van der Waals surface area (Å²) in [6, 6.07) is 0. The van der Waals surface area contributed by atoms with Gasteiger partial charge in [0.25, 0.3) is 6.29 Å². The molecule has 0 rings (SSSR count). The maximum absolute atomic E-state index is 12.9. The number of likely N-dealkylation sites (N-methyl/N-ethyl adjacent to an activating group) is 1. The summed E-state index contributed by atoms with van der Waals surface area (Å²) < 4.78 is 22.8. The summed E-state index contributed by atoms with van der Waals surface area (Å²) in [6.07, 6.45) is 88.7. The van der Waals surface area contributed by atoms with Gasteiger partial charge in [0.2, 0.25) is 0 Å². The molecular formula is C72H114NO8+. The van der Waals surface area contributed by atoms with E-state index >= 15 is 0 Å². The predicted octanol–water partition coefficient (Wildman–Crippen LogP) is 19.1. The Morgan fingerprint density at radius 3 is 1.00 bits per heavy atom. The van der Waals surface area contributed by atoms with Gasteiger partial charge in [0.05, 0.1) is 34.4 Å². The van der Waals surface area contributed by atoms with Crippen molar-refractivity contribution in [2.24, 2.45) is 0 Å². The van der Waals surface area contributed by atoms with Gasteiger partial charge in [0, 0.05) is 12.8 Å². The van der Waals surface area contributed by atoms with Crippen molar-refractivity contribution in [3.8, 4) is 0 Å². The molecule has 81 heavy (non-hydrogen) atoms. The average molecular weight is 1120 g/mol.